The van der Waals surface area contributed by atoms with Crippen LogP contribution in [0.4, 0.5) is 5.69 Å². The molecule has 5 heteroatoms. The maximum Gasteiger partial charge on any atom is 0.255 e. The summed E-state index contributed by atoms with van der Waals surface area (Å²) in [5.74, 6) is -0.0736. The van der Waals surface area contributed by atoms with E-state index in [-0.39, 0.29) is 17.7 Å². The third-order valence-electron chi connectivity index (χ3n) is 3.53. The van der Waals surface area contributed by atoms with Crippen LogP contribution in [0, 0.1) is 5.92 Å². The summed E-state index contributed by atoms with van der Waals surface area (Å²) in [5.41, 5.74) is 1.12. The molecule has 0 radical (unpaired) electrons. The number of hydrogen-bond donors (Lipinski definition) is 2. The Balaban J connectivity index is 2.12. The van der Waals surface area contributed by atoms with Gasteiger partial charge in [0.2, 0.25) is 5.91 Å². The molecule has 20 heavy (non-hydrogen) atoms. The van der Waals surface area contributed by atoms with Crippen molar-refractivity contribution in [2.24, 2.45) is 5.92 Å². The Kier molecular flexibility index (Phi) is 4.74. The molecule has 108 valence electrons. The van der Waals surface area contributed by atoms with Gasteiger partial charge in [-0.2, -0.15) is 0 Å². The van der Waals surface area contributed by atoms with Crippen molar-refractivity contribution < 1.29 is 9.59 Å². The molecule has 1 aliphatic rings. The van der Waals surface area contributed by atoms with Gasteiger partial charge in [-0.1, -0.05) is 12.1 Å². The normalized spacial score (nSPS) is 15.7. The number of hydrogen-bond acceptors (Lipinski definition) is 3. The molecular formula is C15H21N3O2. The molecule has 0 unspecified atom stereocenters. The number of carbonyl (C=O) groups is 2. The molecule has 1 aliphatic heterocycles. The zero-order chi connectivity index (χ0) is 14.5. The second-order valence-electron chi connectivity index (χ2n) is 5.26. The van der Waals surface area contributed by atoms with Gasteiger partial charge in [-0.05, 0) is 38.1 Å². The molecule has 1 heterocycles. The fourth-order valence-corrected chi connectivity index (χ4v) is 2.34. The van der Waals surface area contributed by atoms with Gasteiger partial charge in [0, 0.05) is 20.0 Å². The number of nitrogens with zero attached hydrogens (tertiary/aromatic N) is 1. The number of piperidine rings is 1. The van der Waals surface area contributed by atoms with Crippen molar-refractivity contribution in [3.63, 3.8) is 0 Å². The predicted molar refractivity (Wildman–Crippen MR) is 78.7 cm³/mol. The molecule has 2 amide bonds. The molecule has 2 rings (SSSR count). The van der Waals surface area contributed by atoms with E-state index >= 15 is 0 Å². The average Bonchev–Trinajstić information content (AvgIpc) is 2.48. The van der Waals surface area contributed by atoms with Crippen molar-refractivity contribution in [1.29, 1.82) is 0 Å². The third kappa shape index (κ3) is 3.36. The van der Waals surface area contributed by atoms with Crippen LogP contribution in [-0.2, 0) is 4.79 Å². The van der Waals surface area contributed by atoms with E-state index in [4.69, 9.17) is 0 Å². The first kappa shape index (κ1) is 14.5. The van der Waals surface area contributed by atoms with Gasteiger partial charge < -0.3 is 15.5 Å². The minimum absolute atomic E-state index is 0.00510. The number of carbonyl (C=O) groups excluding carboxylic acids is 2. The van der Waals surface area contributed by atoms with E-state index in [1.165, 1.54) is 4.90 Å². The lowest BCUT2D eigenvalue weighted by atomic mass is 9.97. The highest BCUT2D eigenvalue weighted by atomic mass is 16.2. The van der Waals surface area contributed by atoms with Gasteiger partial charge in [-0.15, -0.1) is 0 Å². The number of rotatable bonds is 3. The van der Waals surface area contributed by atoms with Crippen molar-refractivity contribution in [1.82, 2.24) is 10.2 Å². The maximum absolute atomic E-state index is 12.2. The van der Waals surface area contributed by atoms with Crippen molar-refractivity contribution in [3.05, 3.63) is 29.8 Å². The number of anilines is 1. The summed E-state index contributed by atoms with van der Waals surface area (Å²) in [4.78, 5) is 25.8. The van der Waals surface area contributed by atoms with E-state index in [1.807, 2.05) is 6.07 Å². The van der Waals surface area contributed by atoms with Gasteiger partial charge >= 0.3 is 0 Å². The summed E-state index contributed by atoms with van der Waals surface area (Å²) in [6.07, 6.45) is 1.69. The van der Waals surface area contributed by atoms with Gasteiger partial charge in [-0.3, -0.25) is 9.59 Å². The zero-order valence-corrected chi connectivity index (χ0v) is 12.0. The van der Waals surface area contributed by atoms with E-state index in [0.29, 0.717) is 11.3 Å². The molecule has 1 fully saturated rings. The van der Waals surface area contributed by atoms with Crippen LogP contribution < -0.4 is 10.6 Å². The van der Waals surface area contributed by atoms with E-state index in [2.05, 4.69) is 10.6 Å². The summed E-state index contributed by atoms with van der Waals surface area (Å²) in [6.45, 7) is 1.74. The van der Waals surface area contributed by atoms with Crippen molar-refractivity contribution in [2.75, 3.05) is 32.5 Å². The minimum Gasteiger partial charge on any atom is -0.345 e. The Morgan fingerprint density at radius 2 is 1.85 bits per heavy atom. The number of benzene rings is 1. The highest BCUT2D eigenvalue weighted by Gasteiger charge is 2.22. The molecule has 1 aromatic carbocycles. The smallest absolute Gasteiger partial charge is 0.255 e. The van der Waals surface area contributed by atoms with E-state index in [1.54, 1.807) is 32.3 Å². The highest BCUT2D eigenvalue weighted by molar-refractivity contribution is 6.04. The molecule has 0 atom stereocenters. The molecule has 0 spiro atoms. The monoisotopic (exact) mass is 275 g/mol. The number of amides is 2. The van der Waals surface area contributed by atoms with Crippen LogP contribution in [-0.4, -0.2) is 43.9 Å². The van der Waals surface area contributed by atoms with Crippen LogP contribution in [0.25, 0.3) is 0 Å². The van der Waals surface area contributed by atoms with Gasteiger partial charge in [0.05, 0.1) is 11.3 Å². The summed E-state index contributed by atoms with van der Waals surface area (Å²) < 4.78 is 0. The van der Waals surface area contributed by atoms with Crippen LogP contribution in [0.5, 0.6) is 0 Å². The Morgan fingerprint density at radius 3 is 2.50 bits per heavy atom. The van der Waals surface area contributed by atoms with Crippen LogP contribution in [0.1, 0.15) is 23.2 Å². The van der Waals surface area contributed by atoms with Crippen molar-refractivity contribution in [2.45, 2.75) is 12.8 Å². The largest absolute Gasteiger partial charge is 0.345 e. The Morgan fingerprint density at radius 1 is 1.20 bits per heavy atom. The molecular weight excluding hydrogens is 254 g/mol. The molecule has 1 aromatic rings. The molecule has 0 bridgehead atoms. The highest BCUT2D eigenvalue weighted by Crippen LogP contribution is 2.20. The lowest BCUT2D eigenvalue weighted by Crippen LogP contribution is -2.35. The molecule has 0 saturated carbocycles. The minimum atomic E-state index is -0.105. The standard InChI is InChI=1S/C15H21N3O2/c1-18(2)15(20)12-5-3-4-6-13(12)17-14(19)11-7-9-16-10-8-11/h3-6,11,16H,7-10H2,1-2H3,(H,17,19). The molecule has 2 N–H and O–H groups in total. The summed E-state index contributed by atoms with van der Waals surface area (Å²) in [7, 11) is 3.40. The van der Waals surface area contributed by atoms with E-state index in [9.17, 15) is 9.59 Å². The van der Waals surface area contributed by atoms with Gasteiger partial charge in [0.1, 0.15) is 0 Å². The first-order valence-corrected chi connectivity index (χ1v) is 6.92. The second-order valence-corrected chi connectivity index (χ2v) is 5.26. The van der Waals surface area contributed by atoms with Crippen LogP contribution in [0.3, 0.4) is 0 Å². The predicted octanol–water partition coefficient (Wildman–Crippen LogP) is 1.33. The second kappa shape index (κ2) is 6.52. The summed E-state index contributed by atoms with van der Waals surface area (Å²) in [5, 5.41) is 6.14. The van der Waals surface area contributed by atoms with Crippen LogP contribution >= 0.6 is 0 Å². The fraction of sp³-hybridized carbons (Fsp3) is 0.467. The topological polar surface area (TPSA) is 61.4 Å². The Labute approximate surface area is 119 Å². The van der Waals surface area contributed by atoms with E-state index in [0.717, 1.165) is 25.9 Å². The Hall–Kier alpha value is -1.88. The van der Waals surface area contributed by atoms with Crippen LogP contribution in [0.15, 0.2) is 24.3 Å². The number of para-hydroxylation sites is 1. The average molecular weight is 275 g/mol. The van der Waals surface area contributed by atoms with Crippen molar-refractivity contribution in [3.8, 4) is 0 Å². The van der Waals surface area contributed by atoms with Gasteiger partial charge in [0.25, 0.3) is 5.91 Å². The third-order valence-corrected chi connectivity index (χ3v) is 3.53. The van der Waals surface area contributed by atoms with Gasteiger partial charge in [0.15, 0.2) is 0 Å². The maximum atomic E-state index is 12.2. The zero-order valence-electron chi connectivity index (χ0n) is 12.0. The number of nitrogens with one attached hydrogen (secondary N) is 2. The van der Waals surface area contributed by atoms with Gasteiger partial charge in [-0.25, -0.2) is 0 Å². The summed E-state index contributed by atoms with van der Waals surface area (Å²) >= 11 is 0. The quantitative estimate of drug-likeness (QED) is 0.875. The molecule has 5 nitrogen and oxygen atoms in total. The summed E-state index contributed by atoms with van der Waals surface area (Å²) in [6, 6.07) is 7.14. The lowest BCUT2D eigenvalue weighted by molar-refractivity contribution is -0.120. The van der Waals surface area contributed by atoms with E-state index < -0.39 is 0 Å². The first-order valence-electron chi connectivity index (χ1n) is 6.92. The first-order chi connectivity index (χ1) is 9.59. The SMILES string of the molecule is CN(C)C(=O)c1ccccc1NC(=O)C1CCNCC1. The molecule has 0 aliphatic carbocycles. The Bertz CT molecular complexity index is 494. The fourth-order valence-electron chi connectivity index (χ4n) is 2.34. The molecule has 1 saturated heterocycles. The molecule has 0 aromatic heterocycles. The lowest BCUT2D eigenvalue weighted by Gasteiger charge is -2.22. The van der Waals surface area contributed by atoms with Crippen LogP contribution in [0.2, 0.25) is 0 Å². The van der Waals surface area contributed by atoms with Crippen molar-refractivity contribution >= 4 is 17.5 Å².